The van der Waals surface area contributed by atoms with Gasteiger partial charge in [-0.1, -0.05) is 0 Å². The Morgan fingerprint density at radius 3 is 2.56 bits per heavy atom. The largest absolute Gasteiger partial charge is 0.480 e. The van der Waals surface area contributed by atoms with Crippen LogP contribution in [0.2, 0.25) is 0 Å². The second-order valence-electron chi connectivity index (χ2n) is 5.40. The van der Waals surface area contributed by atoms with Crippen LogP contribution < -0.4 is 5.73 Å². The molecule has 6 nitrogen and oxygen atoms in total. The van der Waals surface area contributed by atoms with Gasteiger partial charge in [0.2, 0.25) is 0 Å². The maximum absolute atomic E-state index is 11.5. The molecule has 2 aliphatic rings. The van der Waals surface area contributed by atoms with Gasteiger partial charge in [0.05, 0.1) is 11.5 Å². The topological polar surface area (TPSA) is 101 Å². The molecule has 0 aromatic carbocycles. The monoisotopic (exact) mass is 276 g/mol. The molecular formula is C11H20N2O4S. The van der Waals surface area contributed by atoms with Crippen molar-refractivity contribution in [2.45, 2.75) is 24.8 Å². The molecule has 0 spiro atoms. The summed E-state index contributed by atoms with van der Waals surface area (Å²) >= 11 is 0. The third-order valence-corrected chi connectivity index (χ3v) is 5.55. The van der Waals surface area contributed by atoms with E-state index < -0.39 is 21.3 Å². The number of carboxylic acid groups (broad SMARTS) is 1. The van der Waals surface area contributed by atoms with E-state index in [-0.39, 0.29) is 24.0 Å². The van der Waals surface area contributed by atoms with E-state index in [2.05, 4.69) is 0 Å². The Labute approximate surface area is 107 Å². The summed E-state index contributed by atoms with van der Waals surface area (Å²) < 4.78 is 23.0. The lowest BCUT2D eigenvalue weighted by Gasteiger charge is -2.31. The first-order valence-electron chi connectivity index (χ1n) is 6.28. The van der Waals surface area contributed by atoms with Crippen LogP contribution in [-0.2, 0) is 14.6 Å². The number of sulfone groups is 1. The van der Waals surface area contributed by atoms with Crippen LogP contribution in [0.5, 0.6) is 0 Å². The van der Waals surface area contributed by atoms with Crippen molar-refractivity contribution in [1.82, 2.24) is 4.90 Å². The summed E-state index contributed by atoms with van der Waals surface area (Å²) in [6, 6.07) is 0. The number of hydrogen-bond acceptors (Lipinski definition) is 5. The number of carbonyl (C=O) groups is 1. The fourth-order valence-corrected chi connectivity index (χ4v) is 3.80. The fraction of sp³-hybridized carbons (Fsp3) is 0.909. The SMILES string of the molecule is NC(CN1CCCS(=O)(=O)CC1)(C(=O)O)C1CC1. The highest BCUT2D eigenvalue weighted by Crippen LogP contribution is 2.39. The Bertz CT molecular complexity index is 432. The van der Waals surface area contributed by atoms with Gasteiger partial charge >= 0.3 is 5.97 Å². The van der Waals surface area contributed by atoms with Crippen LogP contribution in [-0.4, -0.2) is 61.1 Å². The molecule has 1 aliphatic heterocycles. The van der Waals surface area contributed by atoms with Crippen LogP contribution in [0.3, 0.4) is 0 Å². The molecule has 18 heavy (non-hydrogen) atoms. The van der Waals surface area contributed by atoms with E-state index in [0.717, 1.165) is 12.8 Å². The van der Waals surface area contributed by atoms with E-state index in [9.17, 15) is 18.3 Å². The average molecular weight is 276 g/mol. The highest BCUT2D eigenvalue weighted by atomic mass is 32.2. The number of carboxylic acids is 1. The number of aliphatic carboxylic acids is 1. The molecule has 1 saturated carbocycles. The van der Waals surface area contributed by atoms with Crippen LogP contribution in [0.15, 0.2) is 0 Å². The zero-order valence-electron chi connectivity index (χ0n) is 10.3. The summed E-state index contributed by atoms with van der Waals surface area (Å²) in [6.07, 6.45) is 2.27. The molecule has 1 heterocycles. The first-order chi connectivity index (χ1) is 8.33. The molecule has 7 heteroatoms. The molecule has 3 N–H and O–H groups in total. The molecule has 0 aromatic rings. The third-order valence-electron chi connectivity index (χ3n) is 3.84. The smallest absolute Gasteiger partial charge is 0.325 e. The van der Waals surface area contributed by atoms with Gasteiger partial charge in [-0.05, 0) is 31.7 Å². The van der Waals surface area contributed by atoms with Gasteiger partial charge in [0, 0.05) is 13.1 Å². The van der Waals surface area contributed by atoms with Crippen molar-refractivity contribution in [2.75, 3.05) is 31.1 Å². The van der Waals surface area contributed by atoms with Gasteiger partial charge in [0.1, 0.15) is 5.54 Å². The van der Waals surface area contributed by atoms with E-state index in [4.69, 9.17) is 5.73 Å². The molecule has 0 bridgehead atoms. The zero-order chi connectivity index (χ0) is 13.4. The Morgan fingerprint density at radius 2 is 2.00 bits per heavy atom. The molecule has 104 valence electrons. The van der Waals surface area contributed by atoms with Crippen LogP contribution in [0.4, 0.5) is 0 Å². The van der Waals surface area contributed by atoms with Crippen molar-refractivity contribution in [1.29, 1.82) is 0 Å². The number of nitrogens with two attached hydrogens (primary N) is 1. The predicted octanol–water partition coefficient (Wildman–Crippen LogP) is -0.701. The molecule has 2 rings (SSSR count). The second kappa shape index (κ2) is 4.79. The Kier molecular flexibility index (Phi) is 3.66. The minimum absolute atomic E-state index is 0.0369. The minimum atomic E-state index is -2.96. The van der Waals surface area contributed by atoms with Crippen molar-refractivity contribution in [3.8, 4) is 0 Å². The number of hydrogen-bond donors (Lipinski definition) is 2. The molecule has 0 amide bonds. The van der Waals surface area contributed by atoms with E-state index in [1.54, 1.807) is 0 Å². The maximum Gasteiger partial charge on any atom is 0.325 e. The first-order valence-corrected chi connectivity index (χ1v) is 8.11. The van der Waals surface area contributed by atoms with Crippen molar-refractivity contribution in [3.63, 3.8) is 0 Å². The molecule has 0 radical (unpaired) electrons. The maximum atomic E-state index is 11.5. The van der Waals surface area contributed by atoms with Crippen molar-refractivity contribution in [3.05, 3.63) is 0 Å². The summed E-state index contributed by atoms with van der Waals surface area (Å²) in [5.41, 5.74) is 4.79. The summed E-state index contributed by atoms with van der Waals surface area (Å²) in [5, 5.41) is 9.28. The van der Waals surface area contributed by atoms with Crippen LogP contribution in [0.25, 0.3) is 0 Å². The Hall–Kier alpha value is -0.660. The van der Waals surface area contributed by atoms with Gasteiger partial charge in [-0.25, -0.2) is 8.42 Å². The third kappa shape index (κ3) is 3.02. The van der Waals surface area contributed by atoms with Crippen LogP contribution in [0, 0.1) is 5.92 Å². The van der Waals surface area contributed by atoms with E-state index in [1.807, 2.05) is 4.90 Å². The summed E-state index contributed by atoms with van der Waals surface area (Å²) in [4.78, 5) is 13.2. The van der Waals surface area contributed by atoms with Crippen LogP contribution >= 0.6 is 0 Å². The van der Waals surface area contributed by atoms with E-state index in [1.165, 1.54) is 0 Å². The Balaban J connectivity index is 2.02. The summed E-state index contributed by atoms with van der Waals surface area (Å²) in [6.45, 7) is 1.25. The summed E-state index contributed by atoms with van der Waals surface area (Å²) in [5.74, 6) is -0.641. The molecule has 2 fully saturated rings. The van der Waals surface area contributed by atoms with E-state index in [0.29, 0.717) is 19.5 Å². The highest BCUT2D eigenvalue weighted by Gasteiger charge is 2.49. The molecule has 0 aromatic heterocycles. The lowest BCUT2D eigenvalue weighted by atomic mass is 9.94. The molecular weight excluding hydrogens is 256 g/mol. The normalized spacial score (nSPS) is 28.3. The predicted molar refractivity (Wildman–Crippen MR) is 67.0 cm³/mol. The quantitative estimate of drug-likeness (QED) is 0.704. The lowest BCUT2D eigenvalue weighted by Crippen LogP contribution is -2.58. The standard InChI is InChI=1S/C11H20N2O4S/c12-11(10(14)15,9-2-3-9)8-13-4-1-6-18(16,17)7-5-13/h9H,1-8,12H2,(H,14,15). The molecule has 1 aliphatic carbocycles. The Morgan fingerprint density at radius 1 is 1.33 bits per heavy atom. The van der Waals surface area contributed by atoms with Crippen molar-refractivity contribution < 1.29 is 18.3 Å². The number of rotatable bonds is 4. The van der Waals surface area contributed by atoms with Gasteiger partial charge in [0.15, 0.2) is 9.84 Å². The average Bonchev–Trinajstić information content (AvgIpc) is 3.07. The fourth-order valence-electron chi connectivity index (χ4n) is 2.49. The van der Waals surface area contributed by atoms with Crippen molar-refractivity contribution in [2.24, 2.45) is 11.7 Å². The van der Waals surface area contributed by atoms with Gasteiger partial charge in [-0.15, -0.1) is 0 Å². The van der Waals surface area contributed by atoms with Crippen molar-refractivity contribution >= 4 is 15.8 Å². The zero-order valence-corrected chi connectivity index (χ0v) is 11.2. The number of nitrogens with zero attached hydrogens (tertiary/aromatic N) is 1. The highest BCUT2D eigenvalue weighted by molar-refractivity contribution is 7.91. The van der Waals surface area contributed by atoms with Gasteiger partial charge in [-0.3, -0.25) is 9.69 Å². The first kappa shape index (κ1) is 13.8. The van der Waals surface area contributed by atoms with Crippen LogP contribution in [0.1, 0.15) is 19.3 Å². The second-order valence-corrected chi connectivity index (χ2v) is 7.70. The van der Waals surface area contributed by atoms with E-state index >= 15 is 0 Å². The lowest BCUT2D eigenvalue weighted by molar-refractivity contribution is -0.145. The molecule has 1 atom stereocenters. The minimum Gasteiger partial charge on any atom is -0.480 e. The van der Waals surface area contributed by atoms with Gasteiger partial charge in [-0.2, -0.15) is 0 Å². The summed E-state index contributed by atoms with van der Waals surface area (Å²) in [7, 11) is -2.96. The van der Waals surface area contributed by atoms with Gasteiger partial charge < -0.3 is 10.8 Å². The molecule has 1 saturated heterocycles. The van der Waals surface area contributed by atoms with Gasteiger partial charge in [0.25, 0.3) is 0 Å². The molecule has 1 unspecified atom stereocenters.